The van der Waals surface area contributed by atoms with Crippen LogP contribution >= 0.6 is 11.6 Å². The highest BCUT2D eigenvalue weighted by atomic mass is 35.5. The van der Waals surface area contributed by atoms with Gasteiger partial charge in [0.25, 0.3) is 0 Å². The van der Waals surface area contributed by atoms with Gasteiger partial charge in [-0.2, -0.15) is 0 Å². The summed E-state index contributed by atoms with van der Waals surface area (Å²) in [4.78, 5) is 25.7. The Hall–Kier alpha value is -1.59. The van der Waals surface area contributed by atoms with E-state index in [-0.39, 0.29) is 19.1 Å². The standard InChI is InChI=1S/C16H18ClNO4/c17-12-4-1-3-11(9-12)16(5-2-6-16)15(21)18-7-8-22-13(10-18)14(19)20/h1,3-4,9,13H,2,5-8,10H2,(H,19,20). The number of carbonyl (C=O) groups is 2. The summed E-state index contributed by atoms with van der Waals surface area (Å²) in [5, 5.41) is 9.70. The third kappa shape index (κ3) is 2.59. The van der Waals surface area contributed by atoms with Crippen molar-refractivity contribution < 1.29 is 19.4 Å². The fourth-order valence-electron chi connectivity index (χ4n) is 3.23. The first kappa shape index (κ1) is 15.3. The zero-order valence-electron chi connectivity index (χ0n) is 12.1. The van der Waals surface area contributed by atoms with Crippen LogP contribution in [0, 0.1) is 0 Å². The van der Waals surface area contributed by atoms with Gasteiger partial charge in [0.05, 0.1) is 18.6 Å². The number of halogens is 1. The van der Waals surface area contributed by atoms with Crippen LogP contribution in [0.3, 0.4) is 0 Å². The molecule has 2 fully saturated rings. The average Bonchev–Trinajstić information content (AvgIpc) is 2.46. The molecule has 22 heavy (non-hydrogen) atoms. The molecule has 3 rings (SSSR count). The zero-order valence-corrected chi connectivity index (χ0v) is 12.9. The number of rotatable bonds is 3. The molecular formula is C16H18ClNO4. The van der Waals surface area contributed by atoms with Crippen molar-refractivity contribution in [1.29, 1.82) is 0 Å². The Morgan fingerprint density at radius 3 is 2.73 bits per heavy atom. The SMILES string of the molecule is O=C(O)C1CN(C(=O)C2(c3cccc(Cl)c3)CCC2)CCO1. The summed E-state index contributed by atoms with van der Waals surface area (Å²) in [5.41, 5.74) is 0.375. The number of carboxylic acid groups (broad SMARTS) is 1. The molecule has 0 aromatic heterocycles. The number of ether oxygens (including phenoxy) is 1. The Kier molecular flexibility index (Phi) is 4.10. The fraction of sp³-hybridized carbons (Fsp3) is 0.500. The lowest BCUT2D eigenvalue weighted by Gasteiger charge is -2.45. The van der Waals surface area contributed by atoms with E-state index < -0.39 is 17.5 Å². The third-order valence-electron chi connectivity index (χ3n) is 4.62. The molecule has 5 nitrogen and oxygen atoms in total. The van der Waals surface area contributed by atoms with Crippen LogP contribution in [0.4, 0.5) is 0 Å². The van der Waals surface area contributed by atoms with Gasteiger partial charge < -0.3 is 14.7 Å². The Labute approximate surface area is 133 Å². The lowest BCUT2D eigenvalue weighted by Crippen LogP contribution is -2.56. The molecule has 2 aliphatic rings. The maximum atomic E-state index is 13.0. The van der Waals surface area contributed by atoms with Gasteiger partial charge in [0.15, 0.2) is 6.10 Å². The number of hydrogen-bond donors (Lipinski definition) is 1. The van der Waals surface area contributed by atoms with E-state index in [4.69, 9.17) is 21.4 Å². The number of aliphatic carboxylic acids is 1. The highest BCUT2D eigenvalue weighted by molar-refractivity contribution is 6.30. The second-order valence-electron chi connectivity index (χ2n) is 5.89. The van der Waals surface area contributed by atoms with E-state index in [9.17, 15) is 9.59 Å². The predicted molar refractivity (Wildman–Crippen MR) is 80.9 cm³/mol. The molecule has 1 aromatic rings. The summed E-state index contributed by atoms with van der Waals surface area (Å²) in [5.74, 6) is -1.03. The van der Waals surface area contributed by atoms with Gasteiger partial charge in [0.1, 0.15) is 0 Å². The maximum absolute atomic E-state index is 13.0. The fourth-order valence-corrected chi connectivity index (χ4v) is 3.42. The van der Waals surface area contributed by atoms with Crippen molar-refractivity contribution in [2.24, 2.45) is 0 Å². The molecule has 1 amide bonds. The molecule has 0 radical (unpaired) electrons. The number of nitrogens with zero attached hydrogens (tertiary/aromatic N) is 1. The van der Waals surface area contributed by atoms with Crippen molar-refractivity contribution in [1.82, 2.24) is 4.90 Å². The largest absolute Gasteiger partial charge is 0.479 e. The molecule has 1 aromatic carbocycles. The molecule has 1 saturated carbocycles. The van der Waals surface area contributed by atoms with Gasteiger partial charge in [-0.25, -0.2) is 4.79 Å². The molecule has 1 aliphatic heterocycles. The van der Waals surface area contributed by atoms with Crippen molar-refractivity contribution in [2.75, 3.05) is 19.7 Å². The minimum absolute atomic E-state index is 0.00410. The molecule has 1 aliphatic carbocycles. The van der Waals surface area contributed by atoms with E-state index in [0.29, 0.717) is 11.6 Å². The van der Waals surface area contributed by atoms with Crippen LogP contribution in [0.2, 0.25) is 5.02 Å². The predicted octanol–water partition coefficient (Wildman–Crippen LogP) is 2.07. The van der Waals surface area contributed by atoms with Gasteiger partial charge in [0.2, 0.25) is 5.91 Å². The Morgan fingerprint density at radius 2 is 2.14 bits per heavy atom. The molecule has 1 saturated heterocycles. The minimum atomic E-state index is -1.03. The normalized spacial score (nSPS) is 23.7. The summed E-state index contributed by atoms with van der Waals surface area (Å²) in [7, 11) is 0. The van der Waals surface area contributed by atoms with E-state index in [0.717, 1.165) is 24.8 Å². The van der Waals surface area contributed by atoms with Gasteiger partial charge in [-0.1, -0.05) is 30.2 Å². The smallest absolute Gasteiger partial charge is 0.334 e. The summed E-state index contributed by atoms with van der Waals surface area (Å²) in [6.45, 7) is 0.801. The molecule has 6 heteroatoms. The monoisotopic (exact) mass is 323 g/mol. The number of morpholine rings is 1. The van der Waals surface area contributed by atoms with E-state index in [1.54, 1.807) is 11.0 Å². The van der Waals surface area contributed by atoms with E-state index >= 15 is 0 Å². The molecule has 0 bridgehead atoms. The lowest BCUT2D eigenvalue weighted by atomic mass is 9.63. The number of amides is 1. The number of carboxylic acids is 1. The van der Waals surface area contributed by atoms with Crippen LogP contribution in [0.15, 0.2) is 24.3 Å². The first-order valence-corrected chi connectivity index (χ1v) is 7.80. The van der Waals surface area contributed by atoms with E-state index in [1.165, 1.54) is 0 Å². The third-order valence-corrected chi connectivity index (χ3v) is 4.86. The van der Waals surface area contributed by atoms with Gasteiger partial charge in [-0.3, -0.25) is 4.79 Å². The van der Waals surface area contributed by atoms with Gasteiger partial charge in [-0.15, -0.1) is 0 Å². The Balaban J connectivity index is 1.84. The summed E-state index contributed by atoms with van der Waals surface area (Å²) < 4.78 is 5.19. The number of hydrogen-bond acceptors (Lipinski definition) is 3. The van der Waals surface area contributed by atoms with Crippen LogP contribution in [0.1, 0.15) is 24.8 Å². The molecular weight excluding hydrogens is 306 g/mol. The van der Waals surface area contributed by atoms with Crippen LogP contribution in [0.5, 0.6) is 0 Å². The van der Waals surface area contributed by atoms with Crippen molar-refractivity contribution in [3.63, 3.8) is 0 Å². The molecule has 0 spiro atoms. The van der Waals surface area contributed by atoms with Gasteiger partial charge >= 0.3 is 5.97 Å². The van der Waals surface area contributed by atoms with Crippen molar-refractivity contribution >= 4 is 23.5 Å². The van der Waals surface area contributed by atoms with Crippen LogP contribution in [-0.4, -0.2) is 47.7 Å². The van der Waals surface area contributed by atoms with E-state index in [2.05, 4.69) is 0 Å². The van der Waals surface area contributed by atoms with Crippen molar-refractivity contribution in [3.8, 4) is 0 Å². The second-order valence-corrected chi connectivity index (χ2v) is 6.33. The van der Waals surface area contributed by atoms with E-state index in [1.807, 2.05) is 18.2 Å². The Morgan fingerprint density at radius 1 is 1.36 bits per heavy atom. The molecule has 1 heterocycles. The highest BCUT2D eigenvalue weighted by Crippen LogP contribution is 2.45. The summed E-state index contributed by atoms with van der Waals surface area (Å²) >= 11 is 6.06. The minimum Gasteiger partial charge on any atom is -0.479 e. The molecule has 1 unspecified atom stereocenters. The maximum Gasteiger partial charge on any atom is 0.334 e. The number of carbonyl (C=O) groups excluding carboxylic acids is 1. The summed E-state index contributed by atoms with van der Waals surface area (Å²) in [6, 6.07) is 7.41. The zero-order chi connectivity index (χ0) is 15.7. The van der Waals surface area contributed by atoms with Crippen molar-refractivity contribution in [2.45, 2.75) is 30.8 Å². The van der Waals surface area contributed by atoms with Gasteiger partial charge in [0, 0.05) is 11.6 Å². The van der Waals surface area contributed by atoms with Crippen molar-refractivity contribution in [3.05, 3.63) is 34.9 Å². The Bertz CT molecular complexity index is 600. The first-order chi connectivity index (χ1) is 10.5. The molecule has 1 N–H and O–H groups in total. The first-order valence-electron chi connectivity index (χ1n) is 7.43. The molecule has 118 valence electrons. The lowest BCUT2D eigenvalue weighted by molar-refractivity contribution is -0.162. The van der Waals surface area contributed by atoms with Crippen LogP contribution in [-0.2, 0) is 19.7 Å². The van der Waals surface area contributed by atoms with Crippen LogP contribution in [0.25, 0.3) is 0 Å². The van der Waals surface area contributed by atoms with Gasteiger partial charge in [-0.05, 0) is 30.5 Å². The molecule has 1 atom stereocenters. The highest BCUT2D eigenvalue weighted by Gasteiger charge is 2.48. The quantitative estimate of drug-likeness (QED) is 0.924. The number of benzene rings is 1. The second kappa shape index (κ2) is 5.89. The topological polar surface area (TPSA) is 66.8 Å². The van der Waals surface area contributed by atoms with Crippen LogP contribution < -0.4 is 0 Å². The summed E-state index contributed by atoms with van der Waals surface area (Å²) in [6.07, 6.45) is 1.61. The average molecular weight is 324 g/mol.